The van der Waals surface area contributed by atoms with Crippen molar-refractivity contribution in [2.75, 3.05) is 6.54 Å². The number of nitrogens with one attached hydrogen (secondary N) is 2. The minimum absolute atomic E-state index is 0.184. The molecule has 0 aliphatic heterocycles. The number of aryl methyl sites for hydroxylation is 1. The van der Waals surface area contributed by atoms with E-state index in [0.717, 1.165) is 24.2 Å². The molecule has 1 fully saturated rings. The molecule has 3 N–H and O–H groups in total. The topological polar surface area (TPSA) is 90.9 Å². The molecule has 0 saturated heterocycles. The number of benzene rings is 1. The zero-order valence-corrected chi connectivity index (χ0v) is 13.2. The predicted octanol–water partition coefficient (Wildman–Crippen LogP) is 2.06. The summed E-state index contributed by atoms with van der Waals surface area (Å²) in [5.74, 6) is 1.44. The molecule has 1 aliphatic carbocycles. The van der Waals surface area contributed by atoms with Gasteiger partial charge in [0.2, 0.25) is 0 Å². The third kappa shape index (κ3) is 3.76. The van der Waals surface area contributed by atoms with Crippen LogP contribution in [-0.4, -0.2) is 38.8 Å². The second-order valence-electron chi connectivity index (χ2n) is 6.15. The highest BCUT2D eigenvalue weighted by Crippen LogP contribution is 2.27. The third-order valence-corrected chi connectivity index (χ3v) is 4.40. The van der Waals surface area contributed by atoms with E-state index in [1.165, 1.54) is 12.8 Å². The maximum absolute atomic E-state index is 12.3. The first kappa shape index (κ1) is 15.7. The van der Waals surface area contributed by atoms with Gasteiger partial charge in [-0.25, -0.2) is 4.98 Å². The van der Waals surface area contributed by atoms with Gasteiger partial charge in [0.1, 0.15) is 5.82 Å². The van der Waals surface area contributed by atoms with Gasteiger partial charge in [0.15, 0.2) is 5.82 Å². The number of H-pyrrole nitrogens is 1. The average Bonchev–Trinajstić information content (AvgIpc) is 3.24. The molecular formula is C17H22N4O2. The molecule has 3 rings (SSSR count). The number of aliphatic hydroxyl groups excluding tert-OH is 1. The molecule has 6 nitrogen and oxygen atoms in total. The van der Waals surface area contributed by atoms with E-state index in [2.05, 4.69) is 20.5 Å². The van der Waals surface area contributed by atoms with Gasteiger partial charge in [-0.05, 0) is 37.8 Å². The van der Waals surface area contributed by atoms with Gasteiger partial charge in [0, 0.05) is 17.7 Å². The van der Waals surface area contributed by atoms with E-state index >= 15 is 0 Å². The van der Waals surface area contributed by atoms with E-state index in [4.69, 9.17) is 0 Å². The fraction of sp³-hybridized carbons (Fsp3) is 0.471. The van der Waals surface area contributed by atoms with Crippen molar-refractivity contribution in [1.82, 2.24) is 20.5 Å². The predicted molar refractivity (Wildman–Crippen MR) is 86.9 cm³/mol. The van der Waals surface area contributed by atoms with Gasteiger partial charge < -0.3 is 10.4 Å². The Morgan fingerprint density at radius 2 is 2.22 bits per heavy atom. The summed E-state index contributed by atoms with van der Waals surface area (Å²) in [6, 6.07) is 7.19. The zero-order chi connectivity index (χ0) is 16.2. The lowest BCUT2D eigenvalue weighted by molar-refractivity contribution is 0.0840. The Labute approximate surface area is 135 Å². The standard InChI is InChI=1S/C17H22N4O2/c1-11-19-16(21-20-11)13-7-4-8-14(9-13)17(23)18-10-15(22)12-5-2-3-6-12/h4,7-9,12,15,22H,2-3,5-6,10H2,1H3,(H,18,23)(H,19,20,21). The molecule has 6 heteroatoms. The number of hydrogen-bond donors (Lipinski definition) is 3. The van der Waals surface area contributed by atoms with Gasteiger partial charge in [-0.2, -0.15) is 5.10 Å². The fourth-order valence-corrected chi connectivity index (χ4v) is 3.08. The van der Waals surface area contributed by atoms with Crippen LogP contribution in [0.3, 0.4) is 0 Å². The van der Waals surface area contributed by atoms with Crippen molar-refractivity contribution in [2.24, 2.45) is 5.92 Å². The smallest absolute Gasteiger partial charge is 0.251 e. The fourth-order valence-electron chi connectivity index (χ4n) is 3.08. The SMILES string of the molecule is Cc1nc(-c2cccc(C(=O)NCC(O)C3CCCC3)c2)n[nH]1. The summed E-state index contributed by atoms with van der Waals surface area (Å²) in [6.45, 7) is 2.13. The lowest BCUT2D eigenvalue weighted by Crippen LogP contribution is -2.35. The molecule has 1 amide bonds. The van der Waals surface area contributed by atoms with Crippen molar-refractivity contribution in [3.05, 3.63) is 35.7 Å². The van der Waals surface area contributed by atoms with Crippen LogP contribution in [0.5, 0.6) is 0 Å². The highest BCUT2D eigenvalue weighted by Gasteiger charge is 2.23. The molecule has 1 atom stereocenters. The van der Waals surface area contributed by atoms with Crippen molar-refractivity contribution in [2.45, 2.75) is 38.7 Å². The summed E-state index contributed by atoms with van der Waals surface area (Å²) in [5, 5.41) is 19.9. The van der Waals surface area contributed by atoms with E-state index in [-0.39, 0.29) is 5.91 Å². The van der Waals surface area contributed by atoms with E-state index in [1.807, 2.05) is 19.1 Å². The number of rotatable bonds is 5. The Morgan fingerprint density at radius 1 is 1.43 bits per heavy atom. The highest BCUT2D eigenvalue weighted by molar-refractivity contribution is 5.95. The molecule has 1 heterocycles. The molecule has 0 radical (unpaired) electrons. The second-order valence-corrected chi connectivity index (χ2v) is 6.15. The highest BCUT2D eigenvalue weighted by atomic mass is 16.3. The zero-order valence-electron chi connectivity index (χ0n) is 13.2. The summed E-state index contributed by atoms with van der Waals surface area (Å²) in [4.78, 5) is 16.6. The Hall–Kier alpha value is -2.21. The Morgan fingerprint density at radius 3 is 2.91 bits per heavy atom. The van der Waals surface area contributed by atoms with E-state index in [1.54, 1.807) is 12.1 Å². The molecule has 2 aromatic rings. The molecule has 0 bridgehead atoms. The van der Waals surface area contributed by atoms with Crippen LogP contribution in [0.4, 0.5) is 0 Å². The molecular weight excluding hydrogens is 292 g/mol. The summed E-state index contributed by atoms with van der Waals surface area (Å²) in [6.07, 6.45) is 4.00. The number of hydrogen-bond acceptors (Lipinski definition) is 4. The van der Waals surface area contributed by atoms with Crippen LogP contribution in [0.2, 0.25) is 0 Å². The van der Waals surface area contributed by atoms with Gasteiger partial charge in [-0.3, -0.25) is 9.89 Å². The van der Waals surface area contributed by atoms with Crippen molar-refractivity contribution in [3.8, 4) is 11.4 Å². The Balaban J connectivity index is 1.63. The molecule has 1 aromatic carbocycles. The molecule has 0 spiro atoms. The van der Waals surface area contributed by atoms with Gasteiger partial charge in [0.05, 0.1) is 6.10 Å². The van der Waals surface area contributed by atoms with E-state index in [9.17, 15) is 9.90 Å². The monoisotopic (exact) mass is 314 g/mol. The minimum atomic E-state index is -0.458. The average molecular weight is 314 g/mol. The van der Waals surface area contributed by atoms with Crippen LogP contribution in [0, 0.1) is 12.8 Å². The quantitative estimate of drug-likeness (QED) is 0.788. The van der Waals surface area contributed by atoms with Crippen LogP contribution >= 0.6 is 0 Å². The first-order valence-electron chi connectivity index (χ1n) is 8.09. The van der Waals surface area contributed by atoms with Crippen molar-refractivity contribution in [3.63, 3.8) is 0 Å². The van der Waals surface area contributed by atoms with Crippen LogP contribution in [0.1, 0.15) is 41.9 Å². The van der Waals surface area contributed by atoms with Gasteiger partial charge in [-0.1, -0.05) is 25.0 Å². The number of nitrogens with zero attached hydrogens (tertiary/aromatic N) is 2. The van der Waals surface area contributed by atoms with Crippen LogP contribution in [0.25, 0.3) is 11.4 Å². The lowest BCUT2D eigenvalue weighted by atomic mass is 10.0. The maximum atomic E-state index is 12.3. The van der Waals surface area contributed by atoms with Crippen LogP contribution < -0.4 is 5.32 Å². The molecule has 1 saturated carbocycles. The second kappa shape index (κ2) is 6.91. The summed E-state index contributed by atoms with van der Waals surface area (Å²) >= 11 is 0. The lowest BCUT2D eigenvalue weighted by Gasteiger charge is -2.18. The molecule has 1 aliphatic rings. The largest absolute Gasteiger partial charge is 0.391 e. The van der Waals surface area contributed by atoms with Gasteiger partial charge in [-0.15, -0.1) is 0 Å². The normalized spacial score (nSPS) is 16.4. The number of carbonyl (C=O) groups excluding carboxylic acids is 1. The summed E-state index contributed by atoms with van der Waals surface area (Å²) < 4.78 is 0. The number of aromatic nitrogens is 3. The third-order valence-electron chi connectivity index (χ3n) is 4.40. The van der Waals surface area contributed by atoms with Crippen molar-refractivity contribution in [1.29, 1.82) is 0 Å². The molecule has 23 heavy (non-hydrogen) atoms. The van der Waals surface area contributed by atoms with E-state index < -0.39 is 6.10 Å². The molecule has 1 unspecified atom stereocenters. The molecule has 122 valence electrons. The number of carbonyl (C=O) groups is 1. The van der Waals surface area contributed by atoms with Crippen molar-refractivity contribution < 1.29 is 9.90 Å². The summed E-state index contributed by atoms with van der Waals surface area (Å²) in [7, 11) is 0. The van der Waals surface area contributed by atoms with Crippen molar-refractivity contribution >= 4 is 5.91 Å². The Bertz CT molecular complexity index is 677. The first-order valence-corrected chi connectivity index (χ1v) is 8.09. The maximum Gasteiger partial charge on any atom is 0.251 e. The van der Waals surface area contributed by atoms with Gasteiger partial charge in [0.25, 0.3) is 5.91 Å². The van der Waals surface area contributed by atoms with E-state index in [0.29, 0.717) is 23.9 Å². The minimum Gasteiger partial charge on any atom is -0.391 e. The Kier molecular flexibility index (Phi) is 4.71. The molecule has 1 aromatic heterocycles. The van der Waals surface area contributed by atoms with Gasteiger partial charge >= 0.3 is 0 Å². The van der Waals surface area contributed by atoms with Crippen LogP contribution in [0.15, 0.2) is 24.3 Å². The first-order chi connectivity index (χ1) is 11.1. The van der Waals surface area contributed by atoms with Crippen LogP contribution in [-0.2, 0) is 0 Å². The number of aromatic amines is 1. The summed E-state index contributed by atoms with van der Waals surface area (Å²) in [5.41, 5.74) is 1.34. The number of amides is 1. The number of aliphatic hydroxyl groups is 1.